The molecule has 0 saturated carbocycles. The Kier molecular flexibility index (Phi) is 4.42. The maximum Gasteiger partial charge on any atom is 0.124 e. The van der Waals surface area contributed by atoms with Gasteiger partial charge in [-0.25, -0.2) is 4.39 Å². The smallest absolute Gasteiger partial charge is 0.124 e. The zero-order valence-corrected chi connectivity index (χ0v) is 10.5. The van der Waals surface area contributed by atoms with Crippen LogP contribution in [-0.4, -0.2) is 13.2 Å². The molecular weight excluding hydrogens is 253 g/mol. The van der Waals surface area contributed by atoms with Crippen LogP contribution in [0.2, 0.25) is 5.02 Å². The molecule has 4 heteroatoms. The number of benzene rings is 2. The van der Waals surface area contributed by atoms with Gasteiger partial charge in [0, 0.05) is 6.54 Å². The minimum Gasteiger partial charge on any atom is -0.492 e. The van der Waals surface area contributed by atoms with Crippen LogP contribution in [0.3, 0.4) is 0 Å². The molecule has 2 nitrogen and oxygen atoms in total. The molecule has 0 radical (unpaired) electrons. The molecular formula is C14H13ClFNO. The zero-order valence-electron chi connectivity index (χ0n) is 9.70. The molecule has 0 aliphatic rings. The molecule has 0 aromatic heterocycles. The Bertz CT molecular complexity index is 504. The third kappa shape index (κ3) is 3.64. The van der Waals surface area contributed by atoms with E-state index in [0.717, 1.165) is 5.75 Å². The predicted octanol–water partition coefficient (Wildman–Crippen LogP) is 3.97. The van der Waals surface area contributed by atoms with Crippen molar-refractivity contribution in [2.45, 2.75) is 0 Å². The van der Waals surface area contributed by atoms with Gasteiger partial charge in [-0.05, 0) is 30.3 Å². The van der Waals surface area contributed by atoms with Gasteiger partial charge >= 0.3 is 0 Å². The first-order chi connectivity index (χ1) is 8.75. The van der Waals surface area contributed by atoms with E-state index in [1.165, 1.54) is 12.1 Å². The molecule has 2 rings (SSSR count). The van der Waals surface area contributed by atoms with Crippen molar-refractivity contribution < 1.29 is 9.13 Å². The van der Waals surface area contributed by atoms with Gasteiger partial charge in [0.05, 0.1) is 10.7 Å². The molecule has 0 aliphatic heterocycles. The van der Waals surface area contributed by atoms with Gasteiger partial charge in [0.1, 0.15) is 18.2 Å². The van der Waals surface area contributed by atoms with Crippen molar-refractivity contribution in [3.05, 3.63) is 59.4 Å². The van der Waals surface area contributed by atoms with Crippen LogP contribution < -0.4 is 10.1 Å². The van der Waals surface area contributed by atoms with Gasteiger partial charge in [0.25, 0.3) is 0 Å². The highest BCUT2D eigenvalue weighted by Crippen LogP contribution is 2.22. The lowest BCUT2D eigenvalue weighted by Gasteiger charge is -2.09. The van der Waals surface area contributed by atoms with E-state index in [-0.39, 0.29) is 5.82 Å². The fourth-order valence-electron chi connectivity index (χ4n) is 1.50. The summed E-state index contributed by atoms with van der Waals surface area (Å²) >= 11 is 5.88. The van der Waals surface area contributed by atoms with E-state index in [9.17, 15) is 4.39 Å². The number of rotatable bonds is 5. The van der Waals surface area contributed by atoms with Crippen LogP contribution in [0.4, 0.5) is 10.1 Å². The van der Waals surface area contributed by atoms with E-state index in [1.807, 2.05) is 30.3 Å². The number of para-hydroxylation sites is 1. The average Bonchev–Trinajstić information content (AvgIpc) is 2.38. The molecule has 0 atom stereocenters. The second kappa shape index (κ2) is 6.26. The summed E-state index contributed by atoms with van der Waals surface area (Å²) in [5.41, 5.74) is 0.703. The normalized spacial score (nSPS) is 10.1. The highest BCUT2D eigenvalue weighted by atomic mass is 35.5. The topological polar surface area (TPSA) is 21.3 Å². The SMILES string of the molecule is Fc1ccc(NCCOc2ccccc2)c(Cl)c1. The van der Waals surface area contributed by atoms with Crippen molar-refractivity contribution in [2.24, 2.45) is 0 Å². The molecule has 2 aromatic rings. The largest absolute Gasteiger partial charge is 0.492 e. The van der Waals surface area contributed by atoms with E-state index < -0.39 is 0 Å². The number of ether oxygens (including phenoxy) is 1. The quantitative estimate of drug-likeness (QED) is 0.826. The standard InChI is InChI=1S/C14H13ClFNO/c15-13-10-11(16)6-7-14(13)17-8-9-18-12-4-2-1-3-5-12/h1-7,10,17H,8-9H2. The van der Waals surface area contributed by atoms with Crippen molar-refractivity contribution in [1.29, 1.82) is 0 Å². The third-order valence-electron chi connectivity index (χ3n) is 2.36. The molecule has 0 fully saturated rings. The Hall–Kier alpha value is -1.74. The lowest BCUT2D eigenvalue weighted by molar-refractivity contribution is 0.333. The highest BCUT2D eigenvalue weighted by molar-refractivity contribution is 6.33. The van der Waals surface area contributed by atoms with E-state index in [0.29, 0.717) is 23.9 Å². The molecule has 94 valence electrons. The van der Waals surface area contributed by atoms with Crippen molar-refractivity contribution in [1.82, 2.24) is 0 Å². The average molecular weight is 266 g/mol. The van der Waals surface area contributed by atoms with Gasteiger partial charge in [0.2, 0.25) is 0 Å². The summed E-state index contributed by atoms with van der Waals surface area (Å²) in [6, 6.07) is 13.8. The van der Waals surface area contributed by atoms with E-state index in [1.54, 1.807) is 6.07 Å². The molecule has 18 heavy (non-hydrogen) atoms. The molecule has 0 unspecified atom stereocenters. The van der Waals surface area contributed by atoms with Gasteiger partial charge in [-0.3, -0.25) is 0 Å². The molecule has 2 aromatic carbocycles. The van der Waals surface area contributed by atoms with Crippen LogP contribution >= 0.6 is 11.6 Å². The van der Waals surface area contributed by atoms with E-state index >= 15 is 0 Å². The van der Waals surface area contributed by atoms with Crippen LogP contribution in [0, 0.1) is 5.82 Å². The maximum atomic E-state index is 12.8. The minimum absolute atomic E-state index is 0.342. The van der Waals surface area contributed by atoms with Gasteiger partial charge in [-0.1, -0.05) is 29.8 Å². The van der Waals surface area contributed by atoms with Gasteiger partial charge in [0.15, 0.2) is 0 Å². The van der Waals surface area contributed by atoms with Gasteiger partial charge < -0.3 is 10.1 Å². The monoisotopic (exact) mass is 265 g/mol. The highest BCUT2D eigenvalue weighted by Gasteiger charge is 2.00. The number of hydrogen-bond acceptors (Lipinski definition) is 2. The summed E-state index contributed by atoms with van der Waals surface area (Å²) in [7, 11) is 0. The van der Waals surface area contributed by atoms with Crippen molar-refractivity contribution >= 4 is 17.3 Å². The summed E-state index contributed by atoms with van der Waals surface area (Å²) < 4.78 is 18.3. The van der Waals surface area contributed by atoms with E-state index in [4.69, 9.17) is 16.3 Å². The van der Waals surface area contributed by atoms with Crippen LogP contribution in [0.5, 0.6) is 5.75 Å². The van der Waals surface area contributed by atoms with Gasteiger partial charge in [-0.15, -0.1) is 0 Å². The molecule has 1 N–H and O–H groups in total. The molecule has 0 saturated heterocycles. The summed E-state index contributed by atoms with van der Waals surface area (Å²) in [6.45, 7) is 1.11. The number of nitrogens with one attached hydrogen (secondary N) is 1. The first-order valence-electron chi connectivity index (χ1n) is 5.62. The molecule has 0 heterocycles. The zero-order chi connectivity index (χ0) is 12.8. The van der Waals surface area contributed by atoms with E-state index in [2.05, 4.69) is 5.32 Å². The van der Waals surface area contributed by atoms with Crippen molar-refractivity contribution in [3.8, 4) is 5.75 Å². The molecule has 0 amide bonds. The summed E-state index contributed by atoms with van der Waals surface area (Å²) in [5.74, 6) is 0.482. The second-order valence-electron chi connectivity index (χ2n) is 3.71. The van der Waals surface area contributed by atoms with Crippen LogP contribution in [-0.2, 0) is 0 Å². The lowest BCUT2D eigenvalue weighted by atomic mass is 10.3. The van der Waals surface area contributed by atoms with Crippen molar-refractivity contribution in [3.63, 3.8) is 0 Å². The number of halogens is 2. The Labute approximate surface area is 110 Å². The Morgan fingerprint density at radius 1 is 1.11 bits per heavy atom. The Balaban J connectivity index is 1.79. The van der Waals surface area contributed by atoms with Crippen LogP contribution in [0.25, 0.3) is 0 Å². The molecule has 0 aliphatic carbocycles. The first-order valence-corrected chi connectivity index (χ1v) is 6.00. The number of hydrogen-bond donors (Lipinski definition) is 1. The second-order valence-corrected chi connectivity index (χ2v) is 4.12. The Morgan fingerprint density at radius 2 is 1.89 bits per heavy atom. The van der Waals surface area contributed by atoms with Gasteiger partial charge in [-0.2, -0.15) is 0 Å². The fourth-order valence-corrected chi connectivity index (χ4v) is 1.74. The van der Waals surface area contributed by atoms with Crippen LogP contribution in [0.1, 0.15) is 0 Å². The lowest BCUT2D eigenvalue weighted by Crippen LogP contribution is -2.11. The number of anilines is 1. The van der Waals surface area contributed by atoms with Crippen molar-refractivity contribution in [2.75, 3.05) is 18.5 Å². The summed E-state index contributed by atoms with van der Waals surface area (Å²) in [4.78, 5) is 0. The molecule has 0 spiro atoms. The summed E-state index contributed by atoms with van der Waals surface area (Å²) in [5, 5.41) is 3.46. The third-order valence-corrected chi connectivity index (χ3v) is 2.67. The molecule has 0 bridgehead atoms. The van der Waals surface area contributed by atoms with Crippen LogP contribution in [0.15, 0.2) is 48.5 Å². The first kappa shape index (κ1) is 12.7. The maximum absolute atomic E-state index is 12.8. The minimum atomic E-state index is -0.342. The fraction of sp³-hybridized carbons (Fsp3) is 0.143. The predicted molar refractivity (Wildman–Crippen MR) is 71.8 cm³/mol. The Morgan fingerprint density at radius 3 is 2.61 bits per heavy atom. The summed E-state index contributed by atoms with van der Waals surface area (Å²) in [6.07, 6.45) is 0.